The van der Waals surface area contributed by atoms with E-state index in [2.05, 4.69) is 15.4 Å². The quantitative estimate of drug-likeness (QED) is 0.816. The number of piperidine rings is 1. The van der Waals surface area contributed by atoms with Gasteiger partial charge in [-0.05, 0) is 25.0 Å². The molecule has 0 aliphatic carbocycles. The van der Waals surface area contributed by atoms with E-state index in [1.165, 1.54) is 11.1 Å². The minimum Gasteiger partial charge on any atom is -0.382 e. The highest BCUT2D eigenvalue weighted by atomic mass is 35.5. The van der Waals surface area contributed by atoms with Crippen LogP contribution in [0, 0.1) is 11.6 Å². The highest BCUT2D eigenvalue weighted by molar-refractivity contribution is 6.31. The summed E-state index contributed by atoms with van der Waals surface area (Å²) in [5.74, 6) is -2.70. The Bertz CT molecular complexity index is 741. The maximum atomic E-state index is 14.0. The molecule has 1 unspecified atom stereocenters. The topological polar surface area (TPSA) is 82.1 Å². The molecule has 122 valence electrons. The van der Waals surface area contributed by atoms with E-state index >= 15 is 0 Å². The van der Waals surface area contributed by atoms with Crippen molar-refractivity contribution in [2.45, 2.75) is 18.4 Å². The standard InChI is InChI=1S/C14H13ClF2N4O2/c15-11-9(16)3-2-8(12(11)17)13(22)21-5-1-4-14(23,7-21)10-6-18-20-19-10/h2-3,6,23H,1,4-5,7H2,(H,18,19,20). The molecule has 1 amide bonds. The second-order valence-electron chi connectivity index (χ2n) is 5.44. The number of carbonyl (C=O) groups is 1. The lowest BCUT2D eigenvalue weighted by Gasteiger charge is -2.38. The number of H-pyrrole nitrogens is 1. The zero-order valence-electron chi connectivity index (χ0n) is 11.9. The number of aliphatic hydroxyl groups is 1. The average molecular weight is 343 g/mol. The van der Waals surface area contributed by atoms with E-state index in [1.54, 1.807) is 0 Å². The highest BCUT2D eigenvalue weighted by Gasteiger charge is 2.39. The molecule has 6 nitrogen and oxygen atoms in total. The number of likely N-dealkylation sites (tertiary alicyclic amines) is 1. The van der Waals surface area contributed by atoms with E-state index in [0.29, 0.717) is 25.1 Å². The van der Waals surface area contributed by atoms with Crippen LogP contribution in [0.2, 0.25) is 5.02 Å². The SMILES string of the molecule is O=C(c1ccc(F)c(Cl)c1F)N1CCCC(O)(c2cn[nH]n2)C1. The van der Waals surface area contributed by atoms with Gasteiger partial charge in [-0.1, -0.05) is 11.6 Å². The summed E-state index contributed by atoms with van der Waals surface area (Å²) >= 11 is 5.51. The number of rotatable bonds is 2. The molecule has 1 saturated heterocycles. The van der Waals surface area contributed by atoms with Crippen LogP contribution in [0.15, 0.2) is 18.3 Å². The van der Waals surface area contributed by atoms with Gasteiger partial charge in [-0.25, -0.2) is 8.78 Å². The first kappa shape index (κ1) is 15.8. The Labute approximate surface area is 135 Å². The number of hydrogen-bond donors (Lipinski definition) is 2. The third-order valence-electron chi connectivity index (χ3n) is 3.92. The summed E-state index contributed by atoms with van der Waals surface area (Å²) in [5.41, 5.74) is -1.38. The monoisotopic (exact) mass is 342 g/mol. The van der Waals surface area contributed by atoms with E-state index < -0.39 is 28.2 Å². The van der Waals surface area contributed by atoms with Crippen LogP contribution in [0.3, 0.4) is 0 Å². The summed E-state index contributed by atoms with van der Waals surface area (Å²) in [7, 11) is 0. The molecule has 0 bridgehead atoms. The molecular weight excluding hydrogens is 330 g/mol. The van der Waals surface area contributed by atoms with Crippen LogP contribution >= 0.6 is 11.6 Å². The largest absolute Gasteiger partial charge is 0.382 e. The molecule has 0 spiro atoms. The number of β-amino-alcohol motifs (C(OH)–C–C–N with tert-alkyl or cyclic N) is 1. The normalized spacial score (nSPS) is 21.5. The van der Waals surface area contributed by atoms with Crippen LogP contribution in [0.5, 0.6) is 0 Å². The van der Waals surface area contributed by atoms with Crippen molar-refractivity contribution >= 4 is 17.5 Å². The van der Waals surface area contributed by atoms with Gasteiger partial charge in [0.1, 0.15) is 22.1 Å². The number of aromatic nitrogens is 3. The molecule has 1 fully saturated rings. The predicted molar refractivity (Wildman–Crippen MR) is 76.8 cm³/mol. The first-order valence-electron chi connectivity index (χ1n) is 6.94. The molecule has 1 atom stereocenters. The van der Waals surface area contributed by atoms with Crippen molar-refractivity contribution in [2.75, 3.05) is 13.1 Å². The molecule has 1 aromatic heterocycles. The first-order chi connectivity index (χ1) is 10.9. The van der Waals surface area contributed by atoms with Crippen LogP contribution in [-0.2, 0) is 5.60 Å². The molecule has 1 aliphatic rings. The number of benzene rings is 1. The summed E-state index contributed by atoms with van der Waals surface area (Å²) in [6.45, 7) is 0.278. The number of hydrogen-bond acceptors (Lipinski definition) is 4. The van der Waals surface area contributed by atoms with E-state index in [1.807, 2.05) is 0 Å². The molecular formula is C14H13ClF2N4O2. The fraction of sp³-hybridized carbons (Fsp3) is 0.357. The van der Waals surface area contributed by atoms with Crippen LogP contribution in [0.1, 0.15) is 28.9 Å². The third kappa shape index (κ3) is 2.79. The molecule has 0 saturated carbocycles. The van der Waals surface area contributed by atoms with Gasteiger partial charge in [0.15, 0.2) is 5.82 Å². The summed E-state index contributed by atoms with van der Waals surface area (Å²) in [6.07, 6.45) is 2.28. The van der Waals surface area contributed by atoms with E-state index in [9.17, 15) is 18.7 Å². The molecule has 9 heteroatoms. The lowest BCUT2D eigenvalue weighted by molar-refractivity contribution is -0.0321. The number of nitrogens with one attached hydrogen (secondary N) is 1. The highest BCUT2D eigenvalue weighted by Crippen LogP contribution is 2.31. The molecule has 1 aliphatic heterocycles. The summed E-state index contributed by atoms with van der Waals surface area (Å²) in [5, 5.41) is 19.9. The predicted octanol–water partition coefficient (Wildman–Crippen LogP) is 1.86. The molecule has 1 aromatic carbocycles. The van der Waals surface area contributed by atoms with Gasteiger partial charge in [0.2, 0.25) is 0 Å². The van der Waals surface area contributed by atoms with Crippen LogP contribution in [0.4, 0.5) is 8.78 Å². The van der Waals surface area contributed by atoms with Gasteiger partial charge < -0.3 is 10.0 Å². The van der Waals surface area contributed by atoms with Crippen molar-refractivity contribution < 1.29 is 18.7 Å². The van der Waals surface area contributed by atoms with Crippen molar-refractivity contribution in [1.29, 1.82) is 0 Å². The molecule has 0 radical (unpaired) electrons. The Morgan fingerprint density at radius 2 is 2.22 bits per heavy atom. The lowest BCUT2D eigenvalue weighted by Crippen LogP contribution is -2.49. The number of aromatic amines is 1. The number of halogens is 3. The van der Waals surface area contributed by atoms with Gasteiger partial charge in [0.25, 0.3) is 5.91 Å². The fourth-order valence-corrected chi connectivity index (χ4v) is 2.87. The number of carbonyl (C=O) groups excluding carboxylic acids is 1. The van der Waals surface area contributed by atoms with Gasteiger partial charge in [0, 0.05) is 6.54 Å². The second kappa shape index (κ2) is 5.86. The maximum Gasteiger partial charge on any atom is 0.256 e. The minimum absolute atomic E-state index is 0.0627. The molecule has 2 heterocycles. The molecule has 3 rings (SSSR count). The fourth-order valence-electron chi connectivity index (χ4n) is 2.71. The second-order valence-corrected chi connectivity index (χ2v) is 5.82. The Balaban J connectivity index is 1.87. The van der Waals surface area contributed by atoms with Crippen LogP contribution < -0.4 is 0 Å². The van der Waals surface area contributed by atoms with Crippen molar-refractivity contribution in [3.8, 4) is 0 Å². The van der Waals surface area contributed by atoms with Gasteiger partial charge in [-0.15, -0.1) is 0 Å². The van der Waals surface area contributed by atoms with Gasteiger partial charge >= 0.3 is 0 Å². The van der Waals surface area contributed by atoms with Crippen LogP contribution in [0.25, 0.3) is 0 Å². The average Bonchev–Trinajstić information content (AvgIpc) is 3.08. The smallest absolute Gasteiger partial charge is 0.256 e. The van der Waals surface area contributed by atoms with Gasteiger partial charge in [-0.3, -0.25) is 4.79 Å². The van der Waals surface area contributed by atoms with Crippen molar-refractivity contribution in [2.24, 2.45) is 0 Å². The van der Waals surface area contributed by atoms with Crippen molar-refractivity contribution in [3.05, 3.63) is 46.2 Å². The lowest BCUT2D eigenvalue weighted by atomic mass is 9.89. The minimum atomic E-state index is -1.36. The van der Waals surface area contributed by atoms with Crippen molar-refractivity contribution in [3.63, 3.8) is 0 Å². The zero-order valence-corrected chi connectivity index (χ0v) is 12.6. The molecule has 2 aromatic rings. The van der Waals surface area contributed by atoms with Crippen molar-refractivity contribution in [1.82, 2.24) is 20.3 Å². The summed E-state index contributed by atoms with van der Waals surface area (Å²) in [6, 6.07) is 1.98. The van der Waals surface area contributed by atoms with E-state index in [0.717, 1.165) is 12.1 Å². The summed E-state index contributed by atoms with van der Waals surface area (Å²) in [4.78, 5) is 13.8. The molecule has 2 N–H and O–H groups in total. The van der Waals surface area contributed by atoms with Gasteiger partial charge in [-0.2, -0.15) is 15.4 Å². The molecule has 23 heavy (non-hydrogen) atoms. The number of nitrogens with zero attached hydrogens (tertiary/aromatic N) is 3. The number of amides is 1. The van der Waals surface area contributed by atoms with Gasteiger partial charge in [0.05, 0.1) is 18.3 Å². The first-order valence-corrected chi connectivity index (χ1v) is 7.31. The maximum absolute atomic E-state index is 14.0. The Morgan fingerprint density at radius 1 is 1.43 bits per heavy atom. The van der Waals surface area contributed by atoms with Crippen LogP contribution in [-0.4, -0.2) is 44.4 Å². The third-order valence-corrected chi connectivity index (χ3v) is 4.26. The Hall–Kier alpha value is -2.06. The Kier molecular flexibility index (Phi) is 4.03. The van der Waals surface area contributed by atoms with E-state index in [-0.39, 0.29) is 12.1 Å². The Morgan fingerprint density at radius 3 is 2.91 bits per heavy atom. The summed E-state index contributed by atoms with van der Waals surface area (Å²) < 4.78 is 27.2. The van der Waals surface area contributed by atoms with E-state index in [4.69, 9.17) is 11.6 Å². The zero-order chi connectivity index (χ0) is 16.6.